The maximum atomic E-state index is 2.36. The molecule has 0 fully saturated rings. The summed E-state index contributed by atoms with van der Waals surface area (Å²) in [5, 5.41) is 5.30. The fourth-order valence-electron chi connectivity index (χ4n) is 4.32. The van der Waals surface area contributed by atoms with E-state index >= 15 is 0 Å². The van der Waals surface area contributed by atoms with Gasteiger partial charge in [0, 0.05) is 57.7 Å². The third-order valence-corrected chi connectivity index (χ3v) is 5.67. The van der Waals surface area contributed by atoms with E-state index < -0.39 is 0 Å². The molecule has 0 N–H and O–H groups in total. The van der Waals surface area contributed by atoms with Crippen LogP contribution in [-0.4, -0.2) is 9.13 Å². The Labute approximate surface area is 152 Å². The molecule has 2 nitrogen and oxygen atoms in total. The van der Waals surface area contributed by atoms with E-state index in [0.29, 0.717) is 0 Å². The molecule has 0 spiro atoms. The van der Waals surface area contributed by atoms with E-state index in [4.69, 9.17) is 0 Å². The van der Waals surface area contributed by atoms with E-state index in [1.165, 1.54) is 54.7 Å². The molecular weight excluding hydrogens is 316 g/mol. The van der Waals surface area contributed by atoms with Crippen LogP contribution in [0.3, 0.4) is 0 Å². The SMILES string of the molecule is C/C=C/c1ccc2c3cc4c(cc3n(C)c2c1)c1ccc(C)cc1n4C. The number of hydrogen-bond acceptors (Lipinski definition) is 0. The number of aryl methyl sites for hydroxylation is 3. The van der Waals surface area contributed by atoms with Crippen LogP contribution < -0.4 is 0 Å². The number of hydrogen-bond donors (Lipinski definition) is 0. The summed E-state index contributed by atoms with van der Waals surface area (Å²) in [6.07, 6.45) is 4.25. The molecule has 5 rings (SSSR count). The van der Waals surface area contributed by atoms with E-state index in [0.717, 1.165) is 0 Å². The first-order chi connectivity index (χ1) is 12.6. The first kappa shape index (κ1) is 15.3. The van der Waals surface area contributed by atoms with Gasteiger partial charge in [-0.15, -0.1) is 0 Å². The van der Waals surface area contributed by atoms with Gasteiger partial charge in [0.15, 0.2) is 0 Å². The van der Waals surface area contributed by atoms with Gasteiger partial charge < -0.3 is 9.13 Å². The van der Waals surface area contributed by atoms with Gasteiger partial charge in [-0.05, 0) is 49.2 Å². The van der Waals surface area contributed by atoms with Gasteiger partial charge in [0.1, 0.15) is 0 Å². The number of rotatable bonds is 1. The largest absolute Gasteiger partial charge is 0.344 e. The first-order valence-corrected chi connectivity index (χ1v) is 9.12. The average Bonchev–Trinajstić information content (AvgIpc) is 3.07. The Morgan fingerprint density at radius 3 is 1.81 bits per heavy atom. The summed E-state index contributed by atoms with van der Waals surface area (Å²) in [5.74, 6) is 0. The van der Waals surface area contributed by atoms with Crippen LogP contribution in [0, 0.1) is 6.92 Å². The number of aromatic nitrogens is 2. The van der Waals surface area contributed by atoms with Crippen LogP contribution in [0.4, 0.5) is 0 Å². The third kappa shape index (κ3) is 1.93. The smallest absolute Gasteiger partial charge is 0.0496 e. The summed E-state index contributed by atoms with van der Waals surface area (Å²) >= 11 is 0. The van der Waals surface area contributed by atoms with Crippen LogP contribution in [0.1, 0.15) is 18.1 Å². The van der Waals surface area contributed by atoms with E-state index in [1.54, 1.807) is 0 Å². The van der Waals surface area contributed by atoms with Gasteiger partial charge in [0.2, 0.25) is 0 Å². The molecule has 2 heterocycles. The fraction of sp³-hybridized carbons (Fsp3) is 0.167. The topological polar surface area (TPSA) is 9.86 Å². The average molecular weight is 338 g/mol. The molecular formula is C24H22N2. The summed E-state index contributed by atoms with van der Waals surface area (Å²) in [7, 11) is 4.34. The second-order valence-corrected chi connectivity index (χ2v) is 7.30. The summed E-state index contributed by atoms with van der Waals surface area (Å²) in [6.45, 7) is 4.22. The van der Waals surface area contributed by atoms with E-state index in [9.17, 15) is 0 Å². The van der Waals surface area contributed by atoms with Crippen LogP contribution in [0.5, 0.6) is 0 Å². The van der Waals surface area contributed by atoms with Crippen molar-refractivity contribution in [3.05, 3.63) is 65.7 Å². The Morgan fingerprint density at radius 2 is 1.19 bits per heavy atom. The van der Waals surface area contributed by atoms with Gasteiger partial charge in [-0.2, -0.15) is 0 Å². The highest BCUT2D eigenvalue weighted by Gasteiger charge is 2.14. The maximum absolute atomic E-state index is 2.36. The maximum Gasteiger partial charge on any atom is 0.0496 e. The molecule has 2 aromatic heterocycles. The van der Waals surface area contributed by atoms with Gasteiger partial charge in [-0.25, -0.2) is 0 Å². The Balaban J connectivity index is 1.95. The van der Waals surface area contributed by atoms with Crippen LogP contribution in [0.25, 0.3) is 49.7 Å². The molecule has 0 aliphatic heterocycles. The monoisotopic (exact) mass is 338 g/mol. The second kappa shape index (κ2) is 5.25. The standard InChI is InChI=1S/C24H22N2/c1-5-6-16-8-10-18-20-14-23-19(13-24(20)26(4)22(18)12-16)17-9-7-15(2)11-21(17)25(23)3/h5-14H,1-4H3/b6-5+. The van der Waals surface area contributed by atoms with Gasteiger partial charge in [-0.1, -0.05) is 36.4 Å². The quantitative estimate of drug-likeness (QED) is 0.338. The first-order valence-electron chi connectivity index (χ1n) is 9.12. The summed E-state index contributed by atoms with van der Waals surface area (Å²) in [5.41, 5.74) is 7.72. The van der Waals surface area contributed by atoms with Crippen molar-refractivity contribution in [3.8, 4) is 0 Å². The van der Waals surface area contributed by atoms with E-state index in [1.807, 2.05) is 0 Å². The van der Waals surface area contributed by atoms with Crippen molar-refractivity contribution in [1.82, 2.24) is 9.13 Å². The lowest BCUT2D eigenvalue weighted by molar-refractivity contribution is 1.01. The predicted octanol–water partition coefficient (Wildman–Crippen LogP) is 6.32. The highest BCUT2D eigenvalue weighted by molar-refractivity contribution is 6.18. The van der Waals surface area contributed by atoms with Crippen LogP contribution in [0.15, 0.2) is 54.6 Å². The van der Waals surface area contributed by atoms with Crippen molar-refractivity contribution in [3.63, 3.8) is 0 Å². The Bertz CT molecular complexity index is 1360. The molecule has 0 aliphatic rings. The predicted molar refractivity (Wildman–Crippen MR) is 114 cm³/mol. The summed E-state index contributed by atoms with van der Waals surface area (Å²) in [4.78, 5) is 0. The zero-order valence-corrected chi connectivity index (χ0v) is 15.7. The lowest BCUT2D eigenvalue weighted by Crippen LogP contribution is -1.88. The Hall–Kier alpha value is -3.00. The molecule has 5 aromatic rings. The zero-order valence-electron chi connectivity index (χ0n) is 15.7. The molecule has 0 atom stereocenters. The van der Waals surface area contributed by atoms with Crippen molar-refractivity contribution in [1.29, 1.82) is 0 Å². The summed E-state index contributed by atoms with van der Waals surface area (Å²) < 4.78 is 4.65. The van der Waals surface area contributed by atoms with Crippen LogP contribution in [-0.2, 0) is 14.1 Å². The van der Waals surface area contributed by atoms with Crippen molar-refractivity contribution >= 4 is 49.7 Å². The molecule has 3 aromatic carbocycles. The summed E-state index contributed by atoms with van der Waals surface area (Å²) in [6, 6.07) is 18.2. The van der Waals surface area contributed by atoms with Crippen molar-refractivity contribution in [2.45, 2.75) is 13.8 Å². The molecule has 0 unspecified atom stereocenters. The minimum absolute atomic E-state index is 1.25. The number of nitrogens with zero attached hydrogens (tertiary/aromatic N) is 2. The van der Waals surface area contributed by atoms with Crippen molar-refractivity contribution in [2.75, 3.05) is 0 Å². The van der Waals surface area contributed by atoms with Gasteiger partial charge in [-0.3, -0.25) is 0 Å². The Kier molecular flexibility index (Phi) is 3.08. The van der Waals surface area contributed by atoms with Gasteiger partial charge >= 0.3 is 0 Å². The Morgan fingerprint density at radius 1 is 0.654 bits per heavy atom. The highest BCUT2D eigenvalue weighted by atomic mass is 15.0. The van der Waals surface area contributed by atoms with Gasteiger partial charge in [0.05, 0.1) is 0 Å². The van der Waals surface area contributed by atoms with E-state index in [2.05, 4.69) is 97.8 Å². The lowest BCUT2D eigenvalue weighted by atomic mass is 10.1. The third-order valence-electron chi connectivity index (χ3n) is 5.67. The number of benzene rings is 3. The molecule has 0 saturated carbocycles. The normalized spacial score (nSPS) is 12.5. The number of fused-ring (bicyclic) bond motifs is 6. The molecule has 0 saturated heterocycles. The molecule has 26 heavy (non-hydrogen) atoms. The molecule has 2 heteroatoms. The van der Waals surface area contributed by atoms with Crippen molar-refractivity contribution < 1.29 is 0 Å². The molecule has 128 valence electrons. The fourth-order valence-corrected chi connectivity index (χ4v) is 4.32. The lowest BCUT2D eigenvalue weighted by Gasteiger charge is -2.00. The van der Waals surface area contributed by atoms with Crippen LogP contribution >= 0.6 is 0 Å². The minimum atomic E-state index is 1.25. The molecule has 0 aliphatic carbocycles. The zero-order chi connectivity index (χ0) is 18.0. The highest BCUT2D eigenvalue weighted by Crippen LogP contribution is 2.36. The minimum Gasteiger partial charge on any atom is -0.344 e. The second-order valence-electron chi connectivity index (χ2n) is 7.30. The molecule has 0 radical (unpaired) electrons. The molecule has 0 bridgehead atoms. The van der Waals surface area contributed by atoms with Crippen LogP contribution in [0.2, 0.25) is 0 Å². The van der Waals surface area contributed by atoms with E-state index in [-0.39, 0.29) is 0 Å². The molecule has 0 amide bonds. The number of allylic oxidation sites excluding steroid dienone is 1. The van der Waals surface area contributed by atoms with Crippen molar-refractivity contribution in [2.24, 2.45) is 14.1 Å². The van der Waals surface area contributed by atoms with Gasteiger partial charge in [0.25, 0.3) is 0 Å².